The molecule has 4 aromatic rings. The Hall–Kier alpha value is -4.30. The number of ether oxygens (including phenoxy) is 2. The summed E-state index contributed by atoms with van der Waals surface area (Å²) in [7, 11) is 0. The number of aromatic nitrogens is 2. The molecule has 1 amide bonds. The highest BCUT2D eigenvalue weighted by atomic mass is 19.1. The Morgan fingerprint density at radius 1 is 0.914 bits per heavy atom. The number of amides is 1. The molecule has 7 nitrogen and oxygen atoms in total. The van der Waals surface area contributed by atoms with Crippen molar-refractivity contribution in [1.82, 2.24) is 9.97 Å². The van der Waals surface area contributed by atoms with Crippen LogP contribution in [0, 0.1) is 5.82 Å². The van der Waals surface area contributed by atoms with Crippen LogP contribution in [0.2, 0.25) is 0 Å². The topological polar surface area (TPSA) is 76.6 Å². The van der Waals surface area contributed by atoms with Crippen LogP contribution >= 0.6 is 0 Å². The number of hydrogen-bond donors (Lipinski definition) is 1. The molecule has 0 spiro atoms. The van der Waals surface area contributed by atoms with Gasteiger partial charge in [-0.2, -0.15) is 4.98 Å². The van der Waals surface area contributed by atoms with E-state index >= 15 is 0 Å². The fourth-order valence-corrected chi connectivity index (χ4v) is 3.71. The highest BCUT2D eigenvalue weighted by Gasteiger charge is 2.12. The summed E-state index contributed by atoms with van der Waals surface area (Å²) in [6.45, 7) is 3.18. The van der Waals surface area contributed by atoms with Gasteiger partial charge in [0.1, 0.15) is 11.6 Å². The van der Waals surface area contributed by atoms with E-state index in [1.807, 2.05) is 24.3 Å². The summed E-state index contributed by atoms with van der Waals surface area (Å²) in [4.78, 5) is 23.5. The van der Waals surface area contributed by atoms with Gasteiger partial charge in [-0.15, -0.1) is 0 Å². The first-order valence-corrected chi connectivity index (χ1v) is 11.2. The lowest BCUT2D eigenvalue weighted by molar-refractivity contribution is 0.102. The number of rotatable bonds is 6. The van der Waals surface area contributed by atoms with Crippen LogP contribution in [-0.4, -0.2) is 42.2 Å². The molecular formula is C27H23FN4O3. The molecule has 1 saturated heterocycles. The Balaban J connectivity index is 1.21. The molecule has 176 valence electrons. The summed E-state index contributed by atoms with van der Waals surface area (Å²) in [5, 5.41) is 2.92. The van der Waals surface area contributed by atoms with E-state index in [1.165, 1.54) is 12.1 Å². The van der Waals surface area contributed by atoms with Crippen molar-refractivity contribution in [3.8, 4) is 23.0 Å². The molecule has 1 N–H and O–H groups in total. The van der Waals surface area contributed by atoms with E-state index < -0.39 is 0 Å². The van der Waals surface area contributed by atoms with Crippen LogP contribution in [0.3, 0.4) is 0 Å². The number of nitrogens with one attached hydrogen (secondary N) is 1. The molecule has 1 aliphatic heterocycles. The summed E-state index contributed by atoms with van der Waals surface area (Å²) in [6, 6.07) is 22.1. The van der Waals surface area contributed by atoms with Crippen LogP contribution in [0.25, 0.3) is 11.4 Å². The minimum atomic E-state index is -0.324. The number of halogens is 1. The average Bonchev–Trinajstić information content (AvgIpc) is 2.91. The van der Waals surface area contributed by atoms with Gasteiger partial charge in [-0.25, -0.2) is 9.37 Å². The van der Waals surface area contributed by atoms with Crippen molar-refractivity contribution in [2.75, 3.05) is 36.5 Å². The van der Waals surface area contributed by atoms with Gasteiger partial charge in [0.25, 0.3) is 5.91 Å². The summed E-state index contributed by atoms with van der Waals surface area (Å²) in [6.07, 6.45) is 1.58. The number of nitrogens with zero attached hydrogens (tertiary/aromatic N) is 3. The third kappa shape index (κ3) is 5.62. The van der Waals surface area contributed by atoms with Gasteiger partial charge in [0.2, 0.25) is 5.88 Å². The number of anilines is 2. The van der Waals surface area contributed by atoms with Gasteiger partial charge in [0, 0.05) is 47.9 Å². The van der Waals surface area contributed by atoms with Gasteiger partial charge in [0.15, 0.2) is 5.82 Å². The Labute approximate surface area is 202 Å². The second kappa shape index (κ2) is 10.3. The first-order chi connectivity index (χ1) is 17.1. The van der Waals surface area contributed by atoms with Crippen molar-refractivity contribution in [2.24, 2.45) is 0 Å². The Bertz CT molecular complexity index is 1290. The lowest BCUT2D eigenvalue weighted by Crippen LogP contribution is -2.36. The monoisotopic (exact) mass is 470 g/mol. The van der Waals surface area contributed by atoms with Crippen molar-refractivity contribution in [2.45, 2.75) is 0 Å². The van der Waals surface area contributed by atoms with E-state index in [-0.39, 0.29) is 11.7 Å². The van der Waals surface area contributed by atoms with Gasteiger partial charge in [-0.3, -0.25) is 4.79 Å². The van der Waals surface area contributed by atoms with Crippen LogP contribution in [-0.2, 0) is 4.74 Å². The van der Waals surface area contributed by atoms with E-state index in [9.17, 15) is 9.18 Å². The highest BCUT2D eigenvalue weighted by molar-refractivity contribution is 6.04. The fraction of sp³-hybridized carbons (Fsp3) is 0.148. The van der Waals surface area contributed by atoms with Crippen LogP contribution in [0.15, 0.2) is 85.1 Å². The zero-order valence-corrected chi connectivity index (χ0v) is 18.9. The lowest BCUT2D eigenvalue weighted by atomic mass is 10.2. The molecule has 0 bridgehead atoms. The number of morpholine rings is 1. The Morgan fingerprint density at radius 2 is 1.63 bits per heavy atom. The van der Waals surface area contributed by atoms with Crippen LogP contribution in [0.1, 0.15) is 10.4 Å². The Morgan fingerprint density at radius 3 is 2.34 bits per heavy atom. The predicted molar refractivity (Wildman–Crippen MR) is 131 cm³/mol. The van der Waals surface area contributed by atoms with Gasteiger partial charge < -0.3 is 19.7 Å². The van der Waals surface area contributed by atoms with Crippen LogP contribution < -0.4 is 15.0 Å². The minimum Gasteiger partial charge on any atom is -0.439 e. The molecule has 0 unspecified atom stereocenters. The smallest absolute Gasteiger partial charge is 0.255 e. The molecule has 5 rings (SSSR count). The summed E-state index contributed by atoms with van der Waals surface area (Å²) >= 11 is 0. The number of benzene rings is 3. The van der Waals surface area contributed by atoms with E-state index in [0.29, 0.717) is 28.6 Å². The number of carbonyl (C=O) groups is 1. The Kier molecular flexibility index (Phi) is 6.63. The molecule has 3 aromatic carbocycles. The lowest BCUT2D eigenvalue weighted by Gasteiger charge is -2.28. The molecule has 1 aliphatic rings. The maximum Gasteiger partial charge on any atom is 0.255 e. The van der Waals surface area contributed by atoms with E-state index in [2.05, 4.69) is 20.2 Å². The zero-order valence-electron chi connectivity index (χ0n) is 18.9. The predicted octanol–water partition coefficient (Wildman–Crippen LogP) is 5.16. The van der Waals surface area contributed by atoms with Gasteiger partial charge in [-0.05, 0) is 72.8 Å². The first kappa shape index (κ1) is 22.5. The molecule has 8 heteroatoms. The van der Waals surface area contributed by atoms with Crippen LogP contribution in [0.4, 0.5) is 15.8 Å². The molecule has 0 atom stereocenters. The fourth-order valence-electron chi connectivity index (χ4n) is 3.71. The average molecular weight is 471 g/mol. The summed E-state index contributed by atoms with van der Waals surface area (Å²) in [5.74, 6) is 0.766. The zero-order chi connectivity index (χ0) is 24.0. The molecule has 2 heterocycles. The normalized spacial score (nSPS) is 13.3. The molecule has 0 saturated carbocycles. The highest BCUT2D eigenvalue weighted by Crippen LogP contribution is 2.24. The second-order valence-corrected chi connectivity index (χ2v) is 7.95. The standard InChI is InChI=1S/C27H23FN4O3/c28-21-5-1-19(2-6-21)26-29-14-13-25(31-26)35-24-11-3-20(4-12-24)27(33)30-22-7-9-23(10-8-22)32-15-17-34-18-16-32/h1-14H,15-18H2,(H,30,33). The third-order valence-corrected chi connectivity index (χ3v) is 5.57. The maximum atomic E-state index is 13.2. The largest absolute Gasteiger partial charge is 0.439 e. The molecule has 35 heavy (non-hydrogen) atoms. The second-order valence-electron chi connectivity index (χ2n) is 7.95. The molecule has 0 radical (unpaired) electrons. The van der Waals surface area contributed by atoms with Gasteiger partial charge in [-0.1, -0.05) is 0 Å². The quantitative estimate of drug-likeness (QED) is 0.419. The summed E-state index contributed by atoms with van der Waals surface area (Å²) in [5.41, 5.74) is 3.02. The molecule has 1 fully saturated rings. The number of hydrogen-bond acceptors (Lipinski definition) is 6. The van der Waals surface area contributed by atoms with Gasteiger partial charge >= 0.3 is 0 Å². The molecule has 1 aromatic heterocycles. The summed E-state index contributed by atoms with van der Waals surface area (Å²) < 4.78 is 24.4. The first-order valence-electron chi connectivity index (χ1n) is 11.2. The van der Waals surface area contributed by atoms with E-state index in [0.717, 1.165) is 37.7 Å². The van der Waals surface area contributed by atoms with Gasteiger partial charge in [0.05, 0.1) is 13.2 Å². The molecule has 0 aliphatic carbocycles. The minimum absolute atomic E-state index is 0.212. The van der Waals surface area contributed by atoms with Crippen molar-refractivity contribution in [1.29, 1.82) is 0 Å². The van der Waals surface area contributed by atoms with Crippen molar-refractivity contribution < 1.29 is 18.7 Å². The van der Waals surface area contributed by atoms with Crippen molar-refractivity contribution in [3.63, 3.8) is 0 Å². The van der Waals surface area contributed by atoms with Crippen molar-refractivity contribution >= 4 is 17.3 Å². The van der Waals surface area contributed by atoms with E-state index in [4.69, 9.17) is 9.47 Å². The molecular weight excluding hydrogens is 447 g/mol. The number of carbonyl (C=O) groups excluding carboxylic acids is 1. The SMILES string of the molecule is O=C(Nc1ccc(N2CCOCC2)cc1)c1ccc(Oc2ccnc(-c3ccc(F)cc3)n2)cc1. The third-order valence-electron chi connectivity index (χ3n) is 5.57. The van der Waals surface area contributed by atoms with Crippen molar-refractivity contribution in [3.05, 3.63) is 96.4 Å². The maximum absolute atomic E-state index is 13.2. The van der Waals surface area contributed by atoms with E-state index in [1.54, 1.807) is 48.7 Å². The van der Waals surface area contributed by atoms with Crippen LogP contribution in [0.5, 0.6) is 11.6 Å².